The molecule has 0 fully saturated rings. The Kier molecular flexibility index (Phi) is 3.32. The van der Waals surface area contributed by atoms with E-state index in [0.29, 0.717) is 14.6 Å². The number of nitrogens with zero attached hydrogens (tertiary/aromatic N) is 2. The van der Waals surface area contributed by atoms with Crippen molar-refractivity contribution in [3.63, 3.8) is 0 Å². The first-order valence-corrected chi connectivity index (χ1v) is 6.89. The highest BCUT2D eigenvalue weighted by molar-refractivity contribution is 14.1. The Morgan fingerprint density at radius 3 is 2.71 bits per heavy atom. The van der Waals surface area contributed by atoms with Gasteiger partial charge in [-0.05, 0) is 28.1 Å². The number of amidine groups is 1. The van der Waals surface area contributed by atoms with Gasteiger partial charge >= 0.3 is 6.18 Å². The predicted molar refractivity (Wildman–Crippen MR) is 69.1 cm³/mol. The van der Waals surface area contributed by atoms with Gasteiger partial charge in [-0.2, -0.15) is 13.2 Å². The zero-order valence-electron chi connectivity index (χ0n) is 8.30. The average molecular weight is 423 g/mol. The predicted octanol–water partition coefficient (Wildman–Crippen LogP) is 2.56. The van der Waals surface area contributed by atoms with Gasteiger partial charge in [0, 0.05) is 14.6 Å². The molecule has 1 N–H and O–H groups in total. The second-order valence-electron chi connectivity index (χ2n) is 3.63. The van der Waals surface area contributed by atoms with Gasteiger partial charge in [-0.1, -0.05) is 22.6 Å². The highest BCUT2D eigenvalue weighted by Crippen LogP contribution is 2.39. The Labute approximate surface area is 117 Å². The van der Waals surface area contributed by atoms with Crippen LogP contribution in [0.3, 0.4) is 0 Å². The van der Waals surface area contributed by atoms with Gasteiger partial charge in [0.2, 0.25) is 0 Å². The van der Waals surface area contributed by atoms with Crippen molar-refractivity contribution >= 4 is 44.4 Å². The SMILES string of the molecule is OC1(C(F)(F)F)CN2C(=N1)C=CC(Br)=C2CI. The van der Waals surface area contributed by atoms with Crippen LogP contribution >= 0.6 is 38.5 Å². The molecule has 0 aromatic heterocycles. The Morgan fingerprint density at radius 2 is 2.18 bits per heavy atom. The lowest BCUT2D eigenvalue weighted by molar-refractivity contribution is -0.253. The monoisotopic (exact) mass is 422 g/mol. The fourth-order valence-corrected chi connectivity index (χ4v) is 3.44. The molecule has 0 saturated heterocycles. The molecule has 0 radical (unpaired) electrons. The number of halogens is 5. The maximum Gasteiger partial charge on any atom is 0.440 e. The van der Waals surface area contributed by atoms with Crippen molar-refractivity contribution in [2.75, 3.05) is 11.0 Å². The van der Waals surface area contributed by atoms with E-state index in [2.05, 4.69) is 20.9 Å². The number of alkyl halides is 4. The first kappa shape index (κ1) is 13.3. The standard InChI is InChI=1S/C9H7BrF3IN2O/c10-5-1-2-7-15-8(17,9(11,12)13)4-16(7)6(5)3-14/h1-2,17H,3-4H2. The number of aliphatic hydroxyl groups is 1. The van der Waals surface area contributed by atoms with Crippen molar-refractivity contribution in [3.8, 4) is 0 Å². The van der Waals surface area contributed by atoms with E-state index in [1.807, 2.05) is 22.6 Å². The van der Waals surface area contributed by atoms with Gasteiger partial charge in [0.05, 0.1) is 6.54 Å². The van der Waals surface area contributed by atoms with Crippen LogP contribution in [0, 0.1) is 0 Å². The molecule has 1 unspecified atom stereocenters. The maximum atomic E-state index is 12.7. The topological polar surface area (TPSA) is 35.8 Å². The van der Waals surface area contributed by atoms with Crippen molar-refractivity contribution in [2.45, 2.75) is 11.9 Å². The first-order valence-electron chi connectivity index (χ1n) is 4.58. The summed E-state index contributed by atoms with van der Waals surface area (Å²) < 4.78 is 39.3. The van der Waals surface area contributed by atoms with Gasteiger partial charge in [0.1, 0.15) is 5.84 Å². The quantitative estimate of drug-likeness (QED) is 0.520. The first-order chi connectivity index (χ1) is 7.78. The van der Waals surface area contributed by atoms with Gasteiger partial charge in [-0.25, -0.2) is 4.99 Å². The Morgan fingerprint density at radius 1 is 1.53 bits per heavy atom. The summed E-state index contributed by atoms with van der Waals surface area (Å²) in [6, 6.07) is 0. The Hall–Kier alpha value is -0.0900. The van der Waals surface area contributed by atoms with E-state index in [4.69, 9.17) is 0 Å². The van der Waals surface area contributed by atoms with Crippen LogP contribution in [0.5, 0.6) is 0 Å². The van der Waals surface area contributed by atoms with E-state index in [9.17, 15) is 18.3 Å². The summed E-state index contributed by atoms with van der Waals surface area (Å²) in [5, 5.41) is 9.53. The molecule has 3 nitrogen and oxygen atoms in total. The number of fused-ring (bicyclic) bond motifs is 1. The number of hydrogen-bond donors (Lipinski definition) is 1. The van der Waals surface area contributed by atoms with Crippen LogP contribution in [0.2, 0.25) is 0 Å². The van der Waals surface area contributed by atoms with Gasteiger partial charge in [-0.3, -0.25) is 0 Å². The van der Waals surface area contributed by atoms with E-state index < -0.39 is 18.4 Å². The van der Waals surface area contributed by atoms with Crippen LogP contribution < -0.4 is 0 Å². The van der Waals surface area contributed by atoms with E-state index in [0.717, 1.165) is 0 Å². The van der Waals surface area contributed by atoms with E-state index >= 15 is 0 Å². The van der Waals surface area contributed by atoms with E-state index in [-0.39, 0.29) is 5.84 Å². The largest absolute Gasteiger partial charge is 0.440 e. The number of aliphatic imine (C=N–C) groups is 1. The fourth-order valence-electron chi connectivity index (χ4n) is 1.61. The molecule has 1 atom stereocenters. The molecule has 2 aliphatic heterocycles. The summed E-state index contributed by atoms with van der Waals surface area (Å²) in [5.41, 5.74) is -2.34. The molecular weight excluding hydrogens is 416 g/mol. The van der Waals surface area contributed by atoms with Crippen molar-refractivity contribution < 1.29 is 18.3 Å². The van der Waals surface area contributed by atoms with Crippen molar-refractivity contribution in [1.29, 1.82) is 0 Å². The van der Waals surface area contributed by atoms with Gasteiger partial charge in [-0.15, -0.1) is 0 Å². The molecule has 2 rings (SSSR count). The second-order valence-corrected chi connectivity index (χ2v) is 5.25. The summed E-state index contributed by atoms with van der Waals surface area (Å²) in [6.07, 6.45) is -1.69. The minimum Gasteiger partial charge on any atom is -0.361 e. The Balaban J connectivity index is 2.40. The molecule has 0 aromatic carbocycles. The molecule has 2 heterocycles. The average Bonchev–Trinajstić information content (AvgIpc) is 2.55. The third kappa shape index (κ3) is 2.14. The zero-order chi connectivity index (χ0) is 12.8. The van der Waals surface area contributed by atoms with E-state index in [1.54, 1.807) is 6.08 Å². The summed E-state index contributed by atoms with van der Waals surface area (Å²) in [5.74, 6) is 0.139. The van der Waals surface area contributed by atoms with E-state index in [1.165, 1.54) is 11.0 Å². The second kappa shape index (κ2) is 4.23. The molecule has 0 bridgehead atoms. The lowest BCUT2D eigenvalue weighted by Crippen LogP contribution is -2.47. The summed E-state index contributed by atoms with van der Waals surface area (Å²) in [4.78, 5) is 4.75. The minimum atomic E-state index is -4.77. The molecule has 8 heteroatoms. The molecule has 0 spiro atoms. The van der Waals surface area contributed by atoms with Gasteiger partial charge < -0.3 is 10.0 Å². The Bertz CT molecular complexity index is 446. The number of hydrogen-bond acceptors (Lipinski definition) is 3. The molecule has 17 heavy (non-hydrogen) atoms. The van der Waals surface area contributed by atoms with Gasteiger partial charge in [0.15, 0.2) is 0 Å². The van der Waals surface area contributed by atoms with Crippen LogP contribution in [0.15, 0.2) is 27.3 Å². The van der Waals surface area contributed by atoms with Crippen LogP contribution in [-0.2, 0) is 0 Å². The molecule has 94 valence electrons. The summed E-state index contributed by atoms with van der Waals surface area (Å²) >= 11 is 5.32. The zero-order valence-corrected chi connectivity index (χ0v) is 12.0. The fraction of sp³-hybridized carbons (Fsp3) is 0.444. The molecular formula is C9H7BrF3IN2O. The smallest absolute Gasteiger partial charge is 0.361 e. The molecule has 0 aromatic rings. The number of allylic oxidation sites excluding steroid dienone is 3. The maximum absolute atomic E-state index is 12.7. The highest BCUT2D eigenvalue weighted by atomic mass is 127. The normalized spacial score (nSPS) is 28.6. The van der Waals surface area contributed by atoms with Crippen molar-refractivity contribution in [3.05, 3.63) is 22.3 Å². The lowest BCUT2D eigenvalue weighted by atomic mass is 10.2. The molecule has 0 amide bonds. The van der Waals surface area contributed by atoms with Crippen LogP contribution in [-0.4, -0.2) is 38.7 Å². The van der Waals surface area contributed by atoms with Crippen molar-refractivity contribution in [1.82, 2.24) is 4.90 Å². The molecule has 0 aliphatic carbocycles. The van der Waals surface area contributed by atoms with Crippen LogP contribution in [0.1, 0.15) is 0 Å². The third-order valence-corrected chi connectivity index (χ3v) is 3.96. The lowest BCUT2D eigenvalue weighted by Gasteiger charge is -2.28. The molecule has 2 aliphatic rings. The molecule has 0 saturated carbocycles. The number of rotatable bonds is 1. The summed E-state index contributed by atoms with van der Waals surface area (Å²) in [6.45, 7) is -0.594. The minimum absolute atomic E-state index is 0.139. The van der Waals surface area contributed by atoms with Crippen molar-refractivity contribution in [2.24, 2.45) is 4.99 Å². The van der Waals surface area contributed by atoms with Crippen LogP contribution in [0.25, 0.3) is 0 Å². The van der Waals surface area contributed by atoms with Gasteiger partial charge in [0.25, 0.3) is 5.72 Å². The third-order valence-electron chi connectivity index (χ3n) is 2.52. The highest BCUT2D eigenvalue weighted by Gasteiger charge is 2.58. The van der Waals surface area contributed by atoms with Crippen LogP contribution in [0.4, 0.5) is 13.2 Å². The summed E-state index contributed by atoms with van der Waals surface area (Å²) in [7, 11) is 0.